The molecule has 338 valence electrons. The highest BCUT2D eigenvalue weighted by Crippen LogP contribution is 2.34. The minimum absolute atomic E-state index is 0.0154. The van der Waals surface area contributed by atoms with Crippen molar-refractivity contribution in [1.82, 2.24) is 37.5 Å². The van der Waals surface area contributed by atoms with E-state index in [0.29, 0.717) is 33.2 Å². The predicted octanol–water partition coefficient (Wildman–Crippen LogP) is 6.68. The van der Waals surface area contributed by atoms with Gasteiger partial charge in [0.05, 0.1) is 67.8 Å². The van der Waals surface area contributed by atoms with Crippen LogP contribution in [0.3, 0.4) is 0 Å². The van der Waals surface area contributed by atoms with Crippen molar-refractivity contribution >= 4 is 54.4 Å². The van der Waals surface area contributed by atoms with E-state index in [0.717, 1.165) is 117 Å². The maximum Gasteiger partial charge on any atom is 0.338 e. The lowest BCUT2D eigenvalue weighted by molar-refractivity contribution is 0.0609. The molecule has 17 nitrogen and oxygen atoms in total. The molecule has 0 radical (unpaired) electrons. The second-order valence-corrected chi connectivity index (χ2v) is 21.3. The van der Waals surface area contributed by atoms with Crippen molar-refractivity contribution in [2.45, 2.75) is 114 Å². The van der Waals surface area contributed by atoms with Gasteiger partial charge >= 0.3 is 5.97 Å². The summed E-state index contributed by atoms with van der Waals surface area (Å²) in [4.78, 5) is 31.9. The van der Waals surface area contributed by atoms with Gasteiger partial charge in [-0.1, -0.05) is 41.5 Å². The van der Waals surface area contributed by atoms with Crippen LogP contribution in [0.15, 0.2) is 71.0 Å². The van der Waals surface area contributed by atoms with Crippen LogP contribution >= 0.6 is 0 Å². The highest BCUT2D eigenvalue weighted by Gasteiger charge is 2.31. The molecule has 4 aromatic heterocycles. The van der Waals surface area contributed by atoms with Crippen LogP contribution in [0.25, 0.3) is 22.1 Å². The first-order valence-electron chi connectivity index (χ1n) is 21.4. The Balaban J connectivity index is 0.000000189. The Bertz CT molecular complexity index is 2840. The Morgan fingerprint density at radius 3 is 1.52 bits per heavy atom. The summed E-state index contributed by atoms with van der Waals surface area (Å²) in [6, 6.07) is 9.87. The van der Waals surface area contributed by atoms with Gasteiger partial charge in [-0.3, -0.25) is 4.79 Å². The predicted molar refractivity (Wildman–Crippen MR) is 235 cm³/mol. The normalized spacial score (nSPS) is 16.0. The molecule has 0 spiro atoms. The molecule has 0 aliphatic carbocycles. The topological polar surface area (TPSA) is 212 Å². The summed E-state index contributed by atoms with van der Waals surface area (Å²) in [5.74, 6) is 1.65. The fourth-order valence-electron chi connectivity index (χ4n) is 7.91. The van der Waals surface area contributed by atoms with Crippen molar-refractivity contribution in [1.29, 1.82) is 0 Å². The van der Waals surface area contributed by atoms with Gasteiger partial charge in [-0.15, -0.1) is 0 Å². The average molecular weight is 905 g/mol. The van der Waals surface area contributed by atoms with Crippen LogP contribution in [0.2, 0.25) is 0 Å². The molecule has 0 bridgehead atoms. The van der Waals surface area contributed by atoms with Crippen LogP contribution in [0.1, 0.15) is 112 Å². The van der Waals surface area contributed by atoms with E-state index in [4.69, 9.17) is 24.5 Å². The maximum atomic E-state index is 13.0. The average Bonchev–Trinajstić information content (AvgIpc) is 4.11. The number of carboxylic acids is 1. The second kappa shape index (κ2) is 18.1. The van der Waals surface area contributed by atoms with Crippen LogP contribution in [0, 0.1) is 11.8 Å². The third-order valence-electron chi connectivity index (χ3n) is 12.6. The molecular weight excluding hydrogens is 849 g/mol. The van der Waals surface area contributed by atoms with E-state index < -0.39 is 26.0 Å². The molecule has 19 heteroatoms. The van der Waals surface area contributed by atoms with Gasteiger partial charge in [-0.05, 0) is 86.8 Å². The van der Waals surface area contributed by atoms with Crippen molar-refractivity contribution in [3.05, 3.63) is 84.0 Å². The number of carboxylic acid groups (broad SMARTS) is 1. The molecule has 2 aliphatic rings. The third-order valence-corrected chi connectivity index (χ3v) is 15.7. The van der Waals surface area contributed by atoms with Crippen molar-refractivity contribution in [2.24, 2.45) is 11.8 Å². The van der Waals surface area contributed by atoms with E-state index in [1.807, 2.05) is 6.07 Å². The smallest absolute Gasteiger partial charge is 0.338 e. The zero-order chi connectivity index (χ0) is 45.3. The van der Waals surface area contributed by atoms with Gasteiger partial charge in [0.25, 0.3) is 20.0 Å². The summed E-state index contributed by atoms with van der Waals surface area (Å²) in [5.41, 5.74) is 2.74. The molecule has 0 amide bonds. The monoisotopic (exact) mass is 904 g/mol. The Morgan fingerprint density at radius 2 is 1.14 bits per heavy atom. The third kappa shape index (κ3) is 9.37. The standard InChI is InChI=1S/C22H28N4O5S.C22H28N4O4S/c1-4-22(2,3)21-24-18-11-17(32(29,30)26-14-16(12-23-26)20(27)28)5-6-19(18)25(21)13-15-7-9-31-10-8-15;1-4-22(2,3)21-24-19-11-18(31(28,29)26-14-17(15-27)12-23-26)5-6-20(19)25(21)13-16-7-9-30-10-8-16/h5-6,11-12,14-15H,4,7-10,13H2,1-3H3,(H,27,28);5-6,11-12,14-16H,4,7-10,13H2,1-3H3. The number of fused-ring (bicyclic) bond motifs is 2. The van der Waals surface area contributed by atoms with Crippen LogP contribution in [-0.4, -0.2) is 98.1 Å². The number of imidazole rings is 2. The molecule has 0 unspecified atom stereocenters. The zero-order valence-corrected chi connectivity index (χ0v) is 38.2. The number of aldehydes is 1. The number of aromatic carboxylic acids is 1. The van der Waals surface area contributed by atoms with Gasteiger partial charge < -0.3 is 23.7 Å². The minimum atomic E-state index is -4.04. The zero-order valence-electron chi connectivity index (χ0n) is 36.6. The number of carbonyl (C=O) groups excluding carboxylic acids is 1. The number of aromatic nitrogens is 8. The lowest BCUT2D eigenvalue weighted by Gasteiger charge is -2.28. The van der Waals surface area contributed by atoms with Crippen molar-refractivity contribution in [3.63, 3.8) is 0 Å². The van der Waals surface area contributed by atoms with Gasteiger partial charge in [-0.2, -0.15) is 35.2 Å². The van der Waals surface area contributed by atoms with Crippen molar-refractivity contribution < 1.29 is 41.0 Å². The SMILES string of the molecule is CCC(C)(C)c1nc2cc(S(=O)(=O)n3cc(C(=O)O)cn3)ccc2n1CC1CCOCC1.CCC(C)(C)c1nc2cc(S(=O)(=O)n3cc(C=O)cn3)ccc2n1CC1CCOCC1. The molecule has 6 aromatic rings. The highest BCUT2D eigenvalue weighted by atomic mass is 32.2. The molecule has 0 atom stereocenters. The molecule has 2 aliphatic heterocycles. The first-order valence-corrected chi connectivity index (χ1v) is 24.2. The number of ether oxygens (including phenoxy) is 2. The van der Waals surface area contributed by atoms with Gasteiger partial charge in [0.2, 0.25) is 0 Å². The van der Waals surface area contributed by atoms with Gasteiger partial charge in [0, 0.05) is 50.3 Å². The van der Waals surface area contributed by atoms with E-state index in [1.54, 1.807) is 24.3 Å². The van der Waals surface area contributed by atoms with Crippen molar-refractivity contribution in [2.75, 3.05) is 26.4 Å². The number of benzene rings is 2. The fourth-order valence-corrected chi connectivity index (χ4v) is 10.2. The van der Waals surface area contributed by atoms with E-state index >= 15 is 0 Å². The molecular formula is C44H56N8O9S2. The summed E-state index contributed by atoms with van der Waals surface area (Å²) in [6.45, 7) is 17.6. The molecule has 2 saturated heterocycles. The van der Waals surface area contributed by atoms with Gasteiger partial charge in [0.1, 0.15) is 11.6 Å². The van der Waals surface area contributed by atoms with Crippen LogP contribution < -0.4 is 0 Å². The lowest BCUT2D eigenvalue weighted by Crippen LogP contribution is -2.26. The summed E-state index contributed by atoms with van der Waals surface area (Å²) in [5, 5.41) is 16.6. The molecule has 2 fully saturated rings. The quantitative estimate of drug-likeness (QED) is 0.113. The highest BCUT2D eigenvalue weighted by molar-refractivity contribution is 7.90. The largest absolute Gasteiger partial charge is 0.478 e. The maximum absolute atomic E-state index is 13.0. The molecule has 0 saturated carbocycles. The minimum Gasteiger partial charge on any atom is -0.478 e. The number of rotatable bonds is 14. The van der Waals surface area contributed by atoms with Crippen molar-refractivity contribution in [3.8, 4) is 0 Å². The Labute approximate surface area is 367 Å². The molecule has 63 heavy (non-hydrogen) atoms. The molecule has 6 heterocycles. The first-order chi connectivity index (χ1) is 29.9. The summed E-state index contributed by atoms with van der Waals surface area (Å²) < 4.78 is 69.1. The summed E-state index contributed by atoms with van der Waals surface area (Å²) in [6.07, 6.45) is 10.8. The van der Waals surface area contributed by atoms with Gasteiger partial charge in [0.15, 0.2) is 6.29 Å². The first kappa shape index (κ1) is 45.8. The van der Waals surface area contributed by atoms with E-state index in [9.17, 15) is 26.4 Å². The number of hydrogen-bond donors (Lipinski definition) is 1. The van der Waals surface area contributed by atoms with Gasteiger partial charge in [-0.25, -0.2) is 14.8 Å². The molecule has 2 aromatic carbocycles. The fraction of sp³-hybridized carbons (Fsp3) is 0.500. The Kier molecular flexibility index (Phi) is 13.1. The van der Waals surface area contributed by atoms with Crippen LogP contribution in [0.4, 0.5) is 0 Å². The van der Waals surface area contributed by atoms with E-state index in [2.05, 4.69) is 60.9 Å². The Hall–Kier alpha value is -5.24. The summed E-state index contributed by atoms with van der Waals surface area (Å²) >= 11 is 0. The lowest BCUT2D eigenvalue weighted by atomic mass is 9.89. The number of carbonyl (C=O) groups is 2. The second-order valence-electron chi connectivity index (χ2n) is 17.7. The van der Waals surface area contributed by atoms with E-state index in [-0.39, 0.29) is 31.7 Å². The number of hydrogen-bond acceptors (Lipinski definition) is 12. The Morgan fingerprint density at radius 1 is 0.714 bits per heavy atom. The number of nitrogens with zero attached hydrogens (tertiary/aromatic N) is 8. The van der Waals surface area contributed by atoms with Crippen LogP contribution in [0.5, 0.6) is 0 Å². The van der Waals surface area contributed by atoms with Crippen LogP contribution in [-0.2, 0) is 53.4 Å². The summed E-state index contributed by atoms with van der Waals surface area (Å²) in [7, 11) is -7.95. The molecule has 8 rings (SSSR count). The molecule has 1 N–H and O–H groups in total. The van der Waals surface area contributed by atoms with E-state index in [1.165, 1.54) is 18.5 Å².